The summed E-state index contributed by atoms with van der Waals surface area (Å²) in [4.78, 5) is 34.6. The predicted octanol–water partition coefficient (Wildman–Crippen LogP) is 2.99. The van der Waals surface area contributed by atoms with E-state index in [-0.39, 0.29) is 18.9 Å². The normalized spacial score (nSPS) is 13.2. The minimum Gasteiger partial charge on any atom is -0.496 e. The highest BCUT2D eigenvalue weighted by molar-refractivity contribution is 6.05. The molecule has 0 atom stereocenters. The number of nitrogens with one attached hydrogen (secondary N) is 1. The molecule has 1 heterocycles. The molecule has 0 unspecified atom stereocenters. The number of aliphatic carboxylic acids is 1. The Hall–Kier alpha value is -2.83. The van der Waals surface area contributed by atoms with Gasteiger partial charge in [-0.2, -0.15) is 0 Å². The molecule has 7 nitrogen and oxygen atoms in total. The molecule has 0 spiro atoms. The molecule has 0 aromatic heterocycles. The van der Waals surface area contributed by atoms with E-state index in [1.54, 1.807) is 0 Å². The topological polar surface area (TPSA) is 102 Å². The molecule has 7 heteroatoms. The Balaban J connectivity index is 2.52. The van der Waals surface area contributed by atoms with E-state index in [0.717, 1.165) is 11.1 Å². The van der Waals surface area contributed by atoms with Crippen LogP contribution in [0.4, 0.5) is 5.69 Å². The summed E-state index contributed by atoms with van der Waals surface area (Å²) in [5.74, 6) is -1.04. The monoisotopic (exact) mass is 361 g/mol. The van der Waals surface area contributed by atoms with Crippen LogP contribution in [-0.2, 0) is 27.4 Å². The Morgan fingerprint density at radius 1 is 1.31 bits per heavy atom. The number of cyclic esters (lactones) is 1. The van der Waals surface area contributed by atoms with Crippen LogP contribution < -0.4 is 10.1 Å². The summed E-state index contributed by atoms with van der Waals surface area (Å²) in [6, 6.07) is 0. The summed E-state index contributed by atoms with van der Waals surface area (Å²) in [7, 11) is 1.54. The smallest absolute Gasteiger partial charge is 0.341 e. The number of carbonyl (C=O) groups excluding carboxylic acids is 2. The Morgan fingerprint density at radius 3 is 2.58 bits per heavy atom. The SMILES string of the molecule is COc1c(C)c2c(c(NC(C)=O)c1C/C=C(\C)CCC(=O)O)C(=O)OC2. The number of rotatable bonds is 7. The number of hydrogen-bond acceptors (Lipinski definition) is 5. The quantitative estimate of drug-likeness (QED) is 0.572. The van der Waals surface area contributed by atoms with Crippen molar-refractivity contribution in [3.8, 4) is 5.75 Å². The van der Waals surface area contributed by atoms with Gasteiger partial charge in [0.25, 0.3) is 0 Å². The number of allylic oxidation sites excluding steroid dienone is 2. The molecule has 140 valence electrons. The van der Waals surface area contributed by atoms with Gasteiger partial charge in [0.05, 0.1) is 18.4 Å². The van der Waals surface area contributed by atoms with Crippen molar-refractivity contribution in [1.82, 2.24) is 0 Å². The van der Waals surface area contributed by atoms with Gasteiger partial charge >= 0.3 is 11.9 Å². The van der Waals surface area contributed by atoms with E-state index in [0.29, 0.717) is 41.0 Å². The van der Waals surface area contributed by atoms with E-state index in [1.165, 1.54) is 14.0 Å². The number of fused-ring (bicyclic) bond motifs is 1. The standard InChI is InChI=1S/C19H23NO6/c1-10(6-8-15(22)23)5-7-13-17(20-12(3)21)16-14(9-26-19(16)24)11(2)18(13)25-4/h5H,6-9H2,1-4H3,(H,20,21)(H,22,23)/b10-5+. The zero-order valence-corrected chi connectivity index (χ0v) is 15.4. The van der Waals surface area contributed by atoms with Crippen LogP contribution in [0.5, 0.6) is 5.75 Å². The molecule has 0 saturated heterocycles. The fourth-order valence-corrected chi connectivity index (χ4v) is 3.05. The Bertz CT molecular complexity index is 794. The minimum absolute atomic E-state index is 0.0492. The fourth-order valence-electron chi connectivity index (χ4n) is 3.05. The van der Waals surface area contributed by atoms with Crippen LogP contribution in [0.15, 0.2) is 11.6 Å². The molecule has 0 bridgehead atoms. The number of methoxy groups -OCH3 is 1. The number of carbonyl (C=O) groups is 3. The molecule has 1 amide bonds. The van der Waals surface area contributed by atoms with Crippen molar-refractivity contribution in [2.45, 2.75) is 46.6 Å². The molecule has 0 saturated carbocycles. The van der Waals surface area contributed by atoms with Gasteiger partial charge in [0.1, 0.15) is 12.4 Å². The molecular formula is C19H23NO6. The van der Waals surface area contributed by atoms with E-state index >= 15 is 0 Å². The van der Waals surface area contributed by atoms with E-state index in [4.69, 9.17) is 14.6 Å². The highest BCUT2D eigenvalue weighted by Gasteiger charge is 2.32. The van der Waals surface area contributed by atoms with E-state index in [9.17, 15) is 14.4 Å². The first kappa shape index (κ1) is 19.5. The van der Waals surface area contributed by atoms with Crippen LogP contribution in [-0.4, -0.2) is 30.1 Å². The summed E-state index contributed by atoms with van der Waals surface area (Å²) in [6.45, 7) is 5.22. The second-order valence-electron chi connectivity index (χ2n) is 6.27. The van der Waals surface area contributed by atoms with Crippen LogP contribution in [0.2, 0.25) is 0 Å². The van der Waals surface area contributed by atoms with Crippen molar-refractivity contribution in [1.29, 1.82) is 0 Å². The van der Waals surface area contributed by atoms with Crippen molar-refractivity contribution in [3.05, 3.63) is 33.9 Å². The number of anilines is 1. The lowest BCUT2D eigenvalue weighted by atomic mass is 9.93. The minimum atomic E-state index is -0.856. The van der Waals surface area contributed by atoms with Crippen molar-refractivity contribution in [2.75, 3.05) is 12.4 Å². The number of esters is 1. The molecule has 1 aromatic carbocycles. The van der Waals surface area contributed by atoms with Gasteiger partial charge < -0.3 is 19.9 Å². The zero-order valence-electron chi connectivity index (χ0n) is 15.4. The van der Waals surface area contributed by atoms with Crippen LogP contribution in [0.3, 0.4) is 0 Å². The number of benzene rings is 1. The summed E-state index contributed by atoms with van der Waals surface area (Å²) in [6.07, 6.45) is 2.76. The second kappa shape index (κ2) is 8.03. The molecule has 1 aliphatic heterocycles. The largest absolute Gasteiger partial charge is 0.496 e. The second-order valence-corrected chi connectivity index (χ2v) is 6.27. The molecular weight excluding hydrogens is 338 g/mol. The van der Waals surface area contributed by atoms with Gasteiger partial charge in [-0.05, 0) is 32.3 Å². The lowest BCUT2D eigenvalue weighted by molar-refractivity contribution is -0.137. The fraction of sp³-hybridized carbons (Fsp3) is 0.421. The molecule has 2 rings (SSSR count). The molecule has 0 aliphatic carbocycles. The van der Waals surface area contributed by atoms with Gasteiger partial charge in [-0.1, -0.05) is 11.6 Å². The van der Waals surface area contributed by atoms with Crippen molar-refractivity contribution in [3.63, 3.8) is 0 Å². The van der Waals surface area contributed by atoms with Crippen molar-refractivity contribution < 1.29 is 29.0 Å². The summed E-state index contributed by atoms with van der Waals surface area (Å²) in [5.41, 5.74) is 3.86. The van der Waals surface area contributed by atoms with Crippen molar-refractivity contribution in [2.24, 2.45) is 0 Å². The molecule has 1 aliphatic rings. The van der Waals surface area contributed by atoms with E-state index in [1.807, 2.05) is 19.9 Å². The first-order valence-corrected chi connectivity index (χ1v) is 8.30. The van der Waals surface area contributed by atoms with Crippen LogP contribution in [0.25, 0.3) is 0 Å². The Morgan fingerprint density at radius 2 is 2.00 bits per heavy atom. The average Bonchev–Trinajstić information content (AvgIpc) is 2.95. The van der Waals surface area contributed by atoms with Gasteiger partial charge in [0, 0.05) is 24.5 Å². The van der Waals surface area contributed by atoms with Gasteiger partial charge in [-0.3, -0.25) is 9.59 Å². The first-order valence-electron chi connectivity index (χ1n) is 8.30. The zero-order chi connectivity index (χ0) is 19.4. The van der Waals surface area contributed by atoms with Gasteiger partial charge in [-0.25, -0.2) is 4.79 Å². The van der Waals surface area contributed by atoms with Gasteiger partial charge in [0.15, 0.2) is 0 Å². The molecule has 0 radical (unpaired) electrons. The maximum Gasteiger partial charge on any atom is 0.341 e. The van der Waals surface area contributed by atoms with E-state index < -0.39 is 11.9 Å². The summed E-state index contributed by atoms with van der Waals surface area (Å²) < 4.78 is 10.7. The number of amides is 1. The number of carboxylic acids is 1. The number of carboxylic acid groups (broad SMARTS) is 1. The lowest BCUT2D eigenvalue weighted by Crippen LogP contribution is -2.14. The maximum absolute atomic E-state index is 12.2. The average molecular weight is 361 g/mol. The highest BCUT2D eigenvalue weighted by Crippen LogP contribution is 2.41. The first-order chi connectivity index (χ1) is 12.3. The van der Waals surface area contributed by atoms with Gasteiger partial charge in [0.2, 0.25) is 5.91 Å². The third-order valence-electron chi connectivity index (χ3n) is 4.37. The third-order valence-corrected chi connectivity index (χ3v) is 4.37. The predicted molar refractivity (Wildman–Crippen MR) is 95.5 cm³/mol. The van der Waals surface area contributed by atoms with Crippen LogP contribution in [0.1, 0.15) is 53.7 Å². The summed E-state index contributed by atoms with van der Waals surface area (Å²) >= 11 is 0. The molecule has 1 aromatic rings. The highest BCUT2D eigenvalue weighted by atomic mass is 16.5. The third kappa shape index (κ3) is 4.04. The van der Waals surface area contributed by atoms with Crippen LogP contribution in [0, 0.1) is 6.92 Å². The lowest BCUT2D eigenvalue weighted by Gasteiger charge is -2.19. The Kier molecular flexibility index (Phi) is 6.02. The maximum atomic E-state index is 12.2. The Labute approximate surface area is 152 Å². The molecule has 26 heavy (non-hydrogen) atoms. The summed E-state index contributed by atoms with van der Waals surface area (Å²) in [5, 5.41) is 11.5. The number of ether oxygens (including phenoxy) is 2. The number of hydrogen-bond donors (Lipinski definition) is 2. The van der Waals surface area contributed by atoms with Gasteiger partial charge in [-0.15, -0.1) is 0 Å². The van der Waals surface area contributed by atoms with E-state index in [2.05, 4.69) is 5.32 Å². The van der Waals surface area contributed by atoms with Crippen LogP contribution >= 0.6 is 0 Å². The van der Waals surface area contributed by atoms with Crippen molar-refractivity contribution >= 4 is 23.5 Å². The molecule has 2 N–H and O–H groups in total. The molecule has 0 fully saturated rings.